The van der Waals surface area contributed by atoms with E-state index >= 15 is 0 Å². The zero-order chi connectivity index (χ0) is 14.7. The van der Waals surface area contributed by atoms with Gasteiger partial charge < -0.3 is 9.84 Å². The van der Waals surface area contributed by atoms with Crippen LogP contribution in [0.4, 0.5) is 4.39 Å². The molecule has 0 fully saturated rings. The summed E-state index contributed by atoms with van der Waals surface area (Å²) in [6.07, 6.45) is 0.463. The second-order valence-electron chi connectivity index (χ2n) is 4.16. The number of aromatic nitrogens is 2. The Hall–Kier alpha value is -0.950. The van der Waals surface area contributed by atoms with Gasteiger partial charge >= 0.3 is 0 Å². The van der Waals surface area contributed by atoms with Gasteiger partial charge in [0.25, 0.3) is 0 Å². The summed E-state index contributed by atoms with van der Waals surface area (Å²) < 4.78 is 20.1. The first-order chi connectivity index (χ1) is 9.54. The molecule has 0 bridgehead atoms. The van der Waals surface area contributed by atoms with E-state index in [2.05, 4.69) is 21.0 Å². The largest absolute Gasteiger partial charge is 0.383 e. The highest BCUT2D eigenvalue weighted by atomic mass is 79.9. The molecule has 108 valence electrons. The number of rotatable bonds is 5. The van der Waals surface area contributed by atoms with Gasteiger partial charge in [0, 0.05) is 17.1 Å². The van der Waals surface area contributed by atoms with Crippen LogP contribution >= 0.6 is 27.5 Å². The third kappa shape index (κ3) is 3.20. The van der Waals surface area contributed by atoms with Crippen molar-refractivity contribution in [3.63, 3.8) is 0 Å². The Morgan fingerprint density at radius 2 is 2.30 bits per heavy atom. The minimum Gasteiger partial charge on any atom is -0.383 e. The fourth-order valence-corrected chi connectivity index (χ4v) is 2.68. The Balaban J connectivity index is 2.37. The quantitative estimate of drug-likeness (QED) is 0.887. The van der Waals surface area contributed by atoms with Crippen molar-refractivity contribution in [2.45, 2.75) is 12.6 Å². The van der Waals surface area contributed by atoms with Crippen LogP contribution in [-0.2, 0) is 11.3 Å². The van der Waals surface area contributed by atoms with Crippen LogP contribution in [0.2, 0.25) is 5.02 Å². The van der Waals surface area contributed by atoms with Gasteiger partial charge in [-0.15, -0.1) is 0 Å². The van der Waals surface area contributed by atoms with Crippen LogP contribution in [0.3, 0.4) is 0 Å². The molecule has 1 atom stereocenters. The molecule has 2 rings (SSSR count). The third-order valence-corrected chi connectivity index (χ3v) is 3.83. The fraction of sp³-hybridized carbons (Fsp3) is 0.308. The van der Waals surface area contributed by atoms with Crippen molar-refractivity contribution < 1.29 is 14.2 Å². The molecular weight excluding hydrogens is 351 g/mol. The van der Waals surface area contributed by atoms with Crippen molar-refractivity contribution >= 4 is 27.5 Å². The predicted molar refractivity (Wildman–Crippen MR) is 77.3 cm³/mol. The van der Waals surface area contributed by atoms with Crippen molar-refractivity contribution in [3.8, 4) is 0 Å². The van der Waals surface area contributed by atoms with Crippen LogP contribution in [0.25, 0.3) is 0 Å². The minimum atomic E-state index is -1.00. The molecule has 0 aliphatic rings. The molecule has 7 heteroatoms. The van der Waals surface area contributed by atoms with Crippen LogP contribution in [0.15, 0.2) is 28.9 Å². The average Bonchev–Trinajstić information content (AvgIpc) is 2.77. The van der Waals surface area contributed by atoms with E-state index in [-0.39, 0.29) is 5.82 Å². The number of aliphatic hydroxyl groups is 1. The van der Waals surface area contributed by atoms with Crippen molar-refractivity contribution in [2.24, 2.45) is 0 Å². The molecule has 1 aromatic carbocycles. The molecule has 0 aliphatic carbocycles. The summed E-state index contributed by atoms with van der Waals surface area (Å²) in [5.41, 5.74) is 0.975. The first-order valence-corrected chi connectivity index (χ1v) is 7.05. The topological polar surface area (TPSA) is 47.3 Å². The molecule has 0 radical (unpaired) electrons. The van der Waals surface area contributed by atoms with Gasteiger partial charge in [-0.2, -0.15) is 5.10 Å². The van der Waals surface area contributed by atoms with Crippen molar-refractivity contribution in [2.75, 3.05) is 13.7 Å². The molecule has 2 aromatic rings. The zero-order valence-electron chi connectivity index (χ0n) is 10.7. The summed E-state index contributed by atoms with van der Waals surface area (Å²) in [6.45, 7) is 0.913. The van der Waals surface area contributed by atoms with Crippen molar-refractivity contribution in [1.82, 2.24) is 9.78 Å². The van der Waals surface area contributed by atoms with Gasteiger partial charge in [-0.25, -0.2) is 4.39 Å². The Labute approximate surface area is 129 Å². The number of nitrogens with zero attached hydrogens (tertiary/aromatic N) is 2. The highest BCUT2D eigenvalue weighted by molar-refractivity contribution is 9.10. The number of halogens is 3. The minimum absolute atomic E-state index is 0.352. The molecule has 20 heavy (non-hydrogen) atoms. The van der Waals surface area contributed by atoms with E-state index < -0.39 is 6.10 Å². The molecule has 0 aliphatic heterocycles. The highest BCUT2D eigenvalue weighted by Crippen LogP contribution is 2.32. The Bertz CT molecular complexity index is 606. The molecule has 1 heterocycles. The molecule has 1 aromatic heterocycles. The smallest absolute Gasteiger partial charge is 0.124 e. The lowest BCUT2D eigenvalue weighted by Gasteiger charge is -2.16. The summed E-state index contributed by atoms with van der Waals surface area (Å²) >= 11 is 9.32. The van der Waals surface area contributed by atoms with Crippen LogP contribution in [0.1, 0.15) is 17.4 Å². The lowest BCUT2D eigenvalue weighted by Crippen LogP contribution is -2.14. The van der Waals surface area contributed by atoms with E-state index in [4.69, 9.17) is 16.3 Å². The summed E-state index contributed by atoms with van der Waals surface area (Å²) in [7, 11) is 1.58. The van der Waals surface area contributed by atoms with E-state index in [1.807, 2.05) is 0 Å². The number of hydrogen-bond acceptors (Lipinski definition) is 3. The number of hydrogen-bond donors (Lipinski definition) is 1. The highest BCUT2D eigenvalue weighted by Gasteiger charge is 2.22. The normalized spacial score (nSPS) is 12.7. The molecule has 0 saturated heterocycles. The van der Waals surface area contributed by atoms with Crippen molar-refractivity contribution in [1.29, 1.82) is 0 Å². The molecule has 0 saturated carbocycles. The molecule has 0 amide bonds. The number of methoxy groups -OCH3 is 1. The predicted octanol–water partition coefficient (Wildman–Crippen LogP) is 3.17. The SMILES string of the molecule is COCCn1ncc(Cl)c1C(O)c1ccc(F)cc1Br. The molecular formula is C13H13BrClFN2O2. The fourth-order valence-electron chi connectivity index (χ4n) is 1.87. The maximum atomic E-state index is 13.1. The van der Waals surface area contributed by atoms with E-state index in [9.17, 15) is 9.50 Å². The summed E-state index contributed by atoms with van der Waals surface area (Å²) in [4.78, 5) is 0. The average molecular weight is 364 g/mol. The van der Waals surface area contributed by atoms with Gasteiger partial charge in [-0.3, -0.25) is 4.68 Å². The number of aliphatic hydroxyl groups excluding tert-OH is 1. The van der Waals surface area contributed by atoms with Gasteiger partial charge in [0.2, 0.25) is 0 Å². The Kier molecular flexibility index (Phi) is 5.15. The van der Waals surface area contributed by atoms with Crippen LogP contribution in [-0.4, -0.2) is 28.6 Å². The Morgan fingerprint density at radius 3 is 2.95 bits per heavy atom. The molecule has 0 spiro atoms. The van der Waals surface area contributed by atoms with E-state index in [1.54, 1.807) is 11.8 Å². The Morgan fingerprint density at radius 1 is 1.55 bits per heavy atom. The zero-order valence-corrected chi connectivity index (χ0v) is 13.0. The summed E-state index contributed by atoms with van der Waals surface area (Å²) in [5, 5.41) is 14.9. The summed E-state index contributed by atoms with van der Waals surface area (Å²) in [5.74, 6) is -0.383. The number of ether oxygens (including phenoxy) is 1. The molecule has 1 N–H and O–H groups in total. The van der Waals surface area contributed by atoms with Crippen molar-refractivity contribution in [3.05, 3.63) is 51.0 Å². The first-order valence-electron chi connectivity index (χ1n) is 5.87. The van der Waals surface area contributed by atoms with E-state index in [1.165, 1.54) is 24.4 Å². The van der Waals surface area contributed by atoms with Crippen LogP contribution < -0.4 is 0 Å². The van der Waals surface area contributed by atoms with Crippen LogP contribution in [0, 0.1) is 5.82 Å². The maximum Gasteiger partial charge on any atom is 0.124 e. The van der Waals surface area contributed by atoms with Gasteiger partial charge in [0.1, 0.15) is 11.9 Å². The maximum absolute atomic E-state index is 13.1. The van der Waals surface area contributed by atoms with Gasteiger partial charge in [0.05, 0.1) is 30.1 Å². The monoisotopic (exact) mass is 362 g/mol. The number of benzene rings is 1. The van der Waals surface area contributed by atoms with E-state index in [0.29, 0.717) is 33.9 Å². The third-order valence-electron chi connectivity index (χ3n) is 2.86. The van der Waals surface area contributed by atoms with Gasteiger partial charge in [-0.05, 0) is 12.1 Å². The second-order valence-corrected chi connectivity index (χ2v) is 5.42. The van der Waals surface area contributed by atoms with Gasteiger partial charge in [0.15, 0.2) is 0 Å². The lowest BCUT2D eigenvalue weighted by molar-refractivity contribution is 0.171. The van der Waals surface area contributed by atoms with Crippen LogP contribution in [0.5, 0.6) is 0 Å². The van der Waals surface area contributed by atoms with Gasteiger partial charge in [-0.1, -0.05) is 33.6 Å². The molecule has 1 unspecified atom stereocenters. The second kappa shape index (κ2) is 6.67. The van der Waals surface area contributed by atoms with E-state index in [0.717, 1.165) is 0 Å². The lowest BCUT2D eigenvalue weighted by atomic mass is 10.1. The summed E-state index contributed by atoms with van der Waals surface area (Å²) in [6, 6.07) is 4.09. The molecule has 4 nitrogen and oxygen atoms in total. The first kappa shape index (κ1) is 15.4. The standard InChI is InChI=1S/C13H13BrClFN2O2/c1-20-5-4-18-12(11(15)7-17-18)13(19)9-3-2-8(16)6-10(9)14/h2-3,6-7,13,19H,4-5H2,1H3.